The molecule has 1 aromatic carbocycles. The van der Waals surface area contributed by atoms with Crippen molar-refractivity contribution in [2.24, 2.45) is 0 Å². The third-order valence-corrected chi connectivity index (χ3v) is 3.60. The average molecular weight is 356 g/mol. The van der Waals surface area contributed by atoms with Crippen molar-refractivity contribution >= 4 is 34.2 Å². The van der Waals surface area contributed by atoms with Crippen LogP contribution >= 0.6 is 28.3 Å². The number of hydrogen-bond acceptors (Lipinski definition) is 2. The van der Waals surface area contributed by atoms with E-state index in [1.165, 1.54) is 12.1 Å². The van der Waals surface area contributed by atoms with Gasteiger partial charge in [0.05, 0.1) is 6.04 Å². The minimum Gasteiger partial charge on any atom is -0.351 e. The average Bonchev–Trinajstić information content (AvgIpc) is 2.74. The fourth-order valence-corrected chi connectivity index (χ4v) is 2.35. The molecule has 1 saturated heterocycles. The summed E-state index contributed by atoms with van der Waals surface area (Å²) in [5.74, 6) is -0.568. The first-order valence-corrected chi connectivity index (χ1v) is 6.44. The van der Waals surface area contributed by atoms with E-state index in [0.717, 1.165) is 5.56 Å². The van der Waals surface area contributed by atoms with E-state index < -0.39 is 12.2 Å². The Bertz CT molecular complexity index is 461. The summed E-state index contributed by atoms with van der Waals surface area (Å²) in [4.78, 5) is 11.7. The van der Waals surface area contributed by atoms with E-state index in [1.807, 2.05) is 0 Å². The third-order valence-electron chi connectivity index (χ3n) is 2.86. The van der Waals surface area contributed by atoms with Crippen LogP contribution in [0.15, 0.2) is 22.7 Å². The zero-order valence-electron chi connectivity index (χ0n) is 9.96. The Balaban J connectivity index is 0.00000180. The van der Waals surface area contributed by atoms with Crippen LogP contribution in [0.25, 0.3) is 0 Å². The number of amides is 1. The predicted molar refractivity (Wildman–Crippen MR) is 74.5 cm³/mol. The van der Waals surface area contributed by atoms with E-state index >= 15 is 0 Å². The molecular formula is C12H14BrClF2N2O. The summed E-state index contributed by atoms with van der Waals surface area (Å²) in [7, 11) is 0. The van der Waals surface area contributed by atoms with Gasteiger partial charge in [-0.25, -0.2) is 8.78 Å². The van der Waals surface area contributed by atoms with Crippen LogP contribution in [0.4, 0.5) is 8.78 Å². The molecule has 1 aliphatic rings. The van der Waals surface area contributed by atoms with Gasteiger partial charge in [-0.15, -0.1) is 12.4 Å². The van der Waals surface area contributed by atoms with Crippen LogP contribution < -0.4 is 10.6 Å². The zero-order chi connectivity index (χ0) is 13.1. The Kier molecular flexibility index (Phi) is 6.16. The van der Waals surface area contributed by atoms with Gasteiger partial charge in [-0.1, -0.05) is 22.0 Å². The van der Waals surface area contributed by atoms with Gasteiger partial charge in [0.1, 0.15) is 12.0 Å². The lowest BCUT2D eigenvalue weighted by molar-refractivity contribution is -0.123. The van der Waals surface area contributed by atoms with Crippen LogP contribution in [0.5, 0.6) is 0 Å². The highest BCUT2D eigenvalue weighted by molar-refractivity contribution is 9.10. The maximum atomic E-state index is 12.9. The molecule has 7 heteroatoms. The van der Waals surface area contributed by atoms with Crippen molar-refractivity contribution in [1.29, 1.82) is 0 Å². The normalized spacial score (nSPS) is 21.8. The molecule has 106 valence electrons. The van der Waals surface area contributed by atoms with Gasteiger partial charge < -0.3 is 10.6 Å². The van der Waals surface area contributed by atoms with Gasteiger partial charge in [0.2, 0.25) is 5.91 Å². The lowest BCUT2D eigenvalue weighted by Gasteiger charge is -2.11. The molecule has 2 N–H and O–H groups in total. The number of carbonyl (C=O) groups is 1. The minimum atomic E-state index is -0.960. The standard InChI is InChI=1S/C12H13BrF2N2O.ClH/c13-10-3-8(14)2-1-7(10)5-17-12(18)11-4-9(15)6-16-11;/h1-3,9,11,16H,4-6H2,(H,17,18);1H/t9-,11+;/m0./s1. The number of rotatable bonds is 3. The molecule has 1 aliphatic heterocycles. The zero-order valence-corrected chi connectivity index (χ0v) is 12.4. The SMILES string of the molecule is Cl.O=C(NCc1ccc(F)cc1Br)[C@H]1C[C@H](F)CN1. The first kappa shape index (κ1) is 16.3. The van der Waals surface area contributed by atoms with E-state index in [1.54, 1.807) is 6.07 Å². The molecule has 0 radical (unpaired) electrons. The maximum absolute atomic E-state index is 12.9. The van der Waals surface area contributed by atoms with Crippen molar-refractivity contribution in [2.45, 2.75) is 25.2 Å². The molecular weight excluding hydrogens is 341 g/mol. The molecule has 1 fully saturated rings. The summed E-state index contributed by atoms with van der Waals surface area (Å²) in [6.45, 7) is 0.507. The van der Waals surface area contributed by atoms with Gasteiger partial charge in [-0.2, -0.15) is 0 Å². The molecule has 1 heterocycles. The van der Waals surface area contributed by atoms with Crippen LogP contribution in [-0.4, -0.2) is 24.7 Å². The smallest absolute Gasteiger partial charge is 0.237 e. The van der Waals surface area contributed by atoms with E-state index in [-0.39, 0.29) is 43.6 Å². The molecule has 2 rings (SSSR count). The predicted octanol–water partition coefficient (Wildman–Crippen LogP) is 2.33. The third kappa shape index (κ3) is 4.40. The molecule has 3 nitrogen and oxygen atoms in total. The van der Waals surface area contributed by atoms with Crippen LogP contribution in [0.1, 0.15) is 12.0 Å². The molecule has 0 bridgehead atoms. The Morgan fingerprint density at radius 2 is 2.26 bits per heavy atom. The van der Waals surface area contributed by atoms with Crippen molar-refractivity contribution < 1.29 is 13.6 Å². The van der Waals surface area contributed by atoms with E-state index in [9.17, 15) is 13.6 Å². The van der Waals surface area contributed by atoms with Gasteiger partial charge in [-0.3, -0.25) is 4.79 Å². The second kappa shape index (κ2) is 7.17. The van der Waals surface area contributed by atoms with Crippen molar-refractivity contribution in [2.75, 3.05) is 6.54 Å². The Morgan fingerprint density at radius 1 is 1.53 bits per heavy atom. The molecule has 2 atom stereocenters. The van der Waals surface area contributed by atoms with Crippen LogP contribution in [-0.2, 0) is 11.3 Å². The summed E-state index contributed by atoms with van der Waals surface area (Å²) in [5, 5.41) is 5.51. The minimum absolute atomic E-state index is 0. The summed E-state index contributed by atoms with van der Waals surface area (Å²) in [6.07, 6.45) is -0.755. The highest BCUT2D eigenvalue weighted by Gasteiger charge is 2.28. The Labute approximate surface area is 124 Å². The van der Waals surface area contributed by atoms with Crippen molar-refractivity contribution in [3.63, 3.8) is 0 Å². The van der Waals surface area contributed by atoms with Gasteiger partial charge >= 0.3 is 0 Å². The number of benzene rings is 1. The molecule has 19 heavy (non-hydrogen) atoms. The van der Waals surface area contributed by atoms with Crippen LogP contribution in [0.2, 0.25) is 0 Å². The number of hydrogen-bond donors (Lipinski definition) is 2. The van der Waals surface area contributed by atoms with Crippen molar-refractivity contribution in [3.8, 4) is 0 Å². The van der Waals surface area contributed by atoms with Gasteiger partial charge in [0, 0.05) is 24.0 Å². The number of alkyl halides is 1. The topological polar surface area (TPSA) is 41.1 Å². The molecule has 0 saturated carbocycles. The summed E-state index contributed by atoms with van der Waals surface area (Å²) >= 11 is 3.22. The van der Waals surface area contributed by atoms with Gasteiger partial charge in [0.25, 0.3) is 0 Å². The lowest BCUT2D eigenvalue weighted by Crippen LogP contribution is -2.40. The van der Waals surface area contributed by atoms with Gasteiger partial charge in [0.15, 0.2) is 0 Å². The first-order chi connectivity index (χ1) is 8.56. The Morgan fingerprint density at radius 3 is 2.84 bits per heavy atom. The quantitative estimate of drug-likeness (QED) is 0.874. The van der Waals surface area contributed by atoms with Gasteiger partial charge in [-0.05, 0) is 17.7 Å². The first-order valence-electron chi connectivity index (χ1n) is 5.65. The molecule has 0 aliphatic carbocycles. The highest BCUT2D eigenvalue weighted by atomic mass is 79.9. The molecule has 0 aromatic heterocycles. The van der Waals surface area contributed by atoms with E-state index in [4.69, 9.17) is 0 Å². The molecule has 1 amide bonds. The lowest BCUT2D eigenvalue weighted by atomic mass is 10.2. The van der Waals surface area contributed by atoms with Crippen molar-refractivity contribution in [1.82, 2.24) is 10.6 Å². The molecule has 0 unspecified atom stereocenters. The number of carbonyl (C=O) groups excluding carboxylic acids is 1. The maximum Gasteiger partial charge on any atom is 0.237 e. The molecule has 0 spiro atoms. The summed E-state index contributed by atoms with van der Waals surface area (Å²) < 4.78 is 26.4. The summed E-state index contributed by atoms with van der Waals surface area (Å²) in [5.41, 5.74) is 0.777. The number of halogens is 4. The Hall–Kier alpha value is -0.720. The fourth-order valence-electron chi connectivity index (χ4n) is 1.86. The van der Waals surface area contributed by atoms with Crippen LogP contribution in [0.3, 0.4) is 0 Å². The highest BCUT2D eigenvalue weighted by Crippen LogP contribution is 2.18. The second-order valence-electron chi connectivity index (χ2n) is 4.25. The number of nitrogens with one attached hydrogen (secondary N) is 2. The largest absolute Gasteiger partial charge is 0.351 e. The monoisotopic (exact) mass is 354 g/mol. The second-order valence-corrected chi connectivity index (χ2v) is 5.10. The molecule has 1 aromatic rings. The summed E-state index contributed by atoms with van der Waals surface area (Å²) in [6, 6.07) is 3.80. The van der Waals surface area contributed by atoms with Crippen molar-refractivity contribution in [3.05, 3.63) is 34.1 Å². The van der Waals surface area contributed by atoms with E-state index in [0.29, 0.717) is 4.47 Å². The van der Waals surface area contributed by atoms with Crippen LogP contribution in [0, 0.1) is 5.82 Å². The fraction of sp³-hybridized carbons (Fsp3) is 0.417. The van der Waals surface area contributed by atoms with E-state index in [2.05, 4.69) is 26.6 Å².